The average molecular weight is 121 g/mol. The Bertz CT molecular complexity index is 21.0. The summed E-state index contributed by atoms with van der Waals surface area (Å²) in [6, 6.07) is 0. The minimum Gasteiger partial charge on any atom is -0.132 e. The van der Waals surface area contributed by atoms with E-state index in [9.17, 15) is 0 Å². The molecule has 0 nitrogen and oxygen atoms in total. The van der Waals surface area contributed by atoms with E-state index in [0.717, 1.165) is 0 Å². The molecule has 0 aromatic carbocycles. The van der Waals surface area contributed by atoms with Gasteiger partial charge in [0.05, 0.1) is 0 Å². The van der Waals surface area contributed by atoms with E-state index in [4.69, 9.17) is 0 Å². The number of hydrogen-bond donors (Lipinski definition) is 0. The predicted molar refractivity (Wildman–Crippen MR) is 36.4 cm³/mol. The molecule has 0 aliphatic heterocycles. The molecular formula is C4H11P2. The van der Waals surface area contributed by atoms with Crippen LogP contribution in [0.1, 0.15) is 20.8 Å². The maximum absolute atomic E-state index is 2.72. The van der Waals surface area contributed by atoms with Gasteiger partial charge in [-0.1, -0.05) is 20.8 Å². The molecule has 2 heteroatoms. The highest BCUT2D eigenvalue weighted by molar-refractivity contribution is 7.18. The molecule has 0 aliphatic carbocycles. The summed E-state index contributed by atoms with van der Waals surface area (Å²) in [5.74, 6) is 0. The number of rotatable bonds is 0. The SMILES string of the molecule is CC(C)(C)P.[P]. The van der Waals surface area contributed by atoms with E-state index < -0.39 is 0 Å². The van der Waals surface area contributed by atoms with Crippen molar-refractivity contribution in [3.63, 3.8) is 0 Å². The van der Waals surface area contributed by atoms with E-state index in [2.05, 4.69) is 30.0 Å². The molecule has 0 saturated heterocycles. The first-order valence-electron chi connectivity index (χ1n) is 1.79. The summed E-state index contributed by atoms with van der Waals surface area (Å²) in [7, 11) is 2.72. The van der Waals surface area contributed by atoms with Crippen LogP contribution in [0.4, 0.5) is 0 Å². The van der Waals surface area contributed by atoms with Crippen LogP contribution < -0.4 is 0 Å². The van der Waals surface area contributed by atoms with Crippen molar-refractivity contribution in [3.05, 3.63) is 0 Å². The molecule has 6 heavy (non-hydrogen) atoms. The summed E-state index contributed by atoms with van der Waals surface area (Å²) in [6.07, 6.45) is 0. The van der Waals surface area contributed by atoms with Gasteiger partial charge < -0.3 is 0 Å². The van der Waals surface area contributed by atoms with E-state index in [1.54, 1.807) is 0 Å². The maximum atomic E-state index is 2.72. The topological polar surface area (TPSA) is 0 Å². The first kappa shape index (κ1) is 9.97. The van der Waals surface area contributed by atoms with Crippen molar-refractivity contribution < 1.29 is 0 Å². The average Bonchev–Trinajstić information content (AvgIpc) is 0.722. The van der Waals surface area contributed by atoms with Gasteiger partial charge in [-0.15, -0.1) is 9.24 Å². The fraction of sp³-hybridized carbons (Fsp3) is 1.00. The second-order valence-electron chi connectivity index (χ2n) is 2.37. The highest BCUT2D eigenvalue weighted by Crippen LogP contribution is 2.12. The quantitative estimate of drug-likeness (QED) is 0.432. The van der Waals surface area contributed by atoms with Gasteiger partial charge >= 0.3 is 0 Å². The maximum Gasteiger partial charge on any atom is 0 e. The second kappa shape index (κ2) is 2.94. The van der Waals surface area contributed by atoms with Crippen LogP contribution in [0.15, 0.2) is 0 Å². The Morgan fingerprint density at radius 3 is 1.17 bits per heavy atom. The monoisotopic (exact) mass is 121 g/mol. The zero-order chi connectivity index (χ0) is 4.50. The second-order valence-corrected chi connectivity index (χ2v) is 4.10. The number of hydrogen-bond acceptors (Lipinski definition) is 0. The fourth-order valence-electron chi connectivity index (χ4n) is 0. The van der Waals surface area contributed by atoms with Gasteiger partial charge in [0.2, 0.25) is 0 Å². The molecule has 0 rings (SSSR count). The van der Waals surface area contributed by atoms with Crippen LogP contribution in [0.25, 0.3) is 0 Å². The zero-order valence-electron chi connectivity index (χ0n) is 4.52. The molecule has 0 bridgehead atoms. The van der Waals surface area contributed by atoms with Gasteiger partial charge in [0, 0.05) is 9.90 Å². The highest BCUT2D eigenvalue weighted by Gasteiger charge is 1.95. The van der Waals surface area contributed by atoms with Crippen molar-refractivity contribution in [2.45, 2.75) is 25.9 Å². The highest BCUT2D eigenvalue weighted by atomic mass is 31.0. The van der Waals surface area contributed by atoms with E-state index >= 15 is 0 Å². The standard InChI is InChI=1S/C4H11P.P/c1-4(2,3)5;/h5H2,1-3H3;. The lowest BCUT2D eigenvalue weighted by molar-refractivity contribution is 0.804. The molecule has 0 spiro atoms. The van der Waals surface area contributed by atoms with E-state index in [1.807, 2.05) is 0 Å². The lowest BCUT2D eigenvalue weighted by Gasteiger charge is -2.05. The molecule has 0 saturated carbocycles. The molecule has 1 atom stereocenters. The Morgan fingerprint density at radius 1 is 1.17 bits per heavy atom. The van der Waals surface area contributed by atoms with Gasteiger partial charge in [0.15, 0.2) is 0 Å². The fourth-order valence-corrected chi connectivity index (χ4v) is 0. The Labute approximate surface area is 45.9 Å². The van der Waals surface area contributed by atoms with Crippen LogP contribution in [-0.2, 0) is 0 Å². The normalized spacial score (nSPS) is 10.0. The van der Waals surface area contributed by atoms with Crippen LogP contribution in [0.5, 0.6) is 0 Å². The molecule has 0 aromatic heterocycles. The molecule has 0 aliphatic rings. The minimum absolute atomic E-state index is 0. The third-order valence-corrected chi connectivity index (χ3v) is 0. The summed E-state index contributed by atoms with van der Waals surface area (Å²) in [5.41, 5.74) is 0. The Balaban J connectivity index is 0. The molecule has 0 heterocycles. The van der Waals surface area contributed by atoms with Crippen LogP contribution in [0, 0.1) is 0 Å². The molecule has 0 aromatic rings. The van der Waals surface area contributed by atoms with Crippen molar-refractivity contribution in [2.24, 2.45) is 0 Å². The van der Waals surface area contributed by atoms with Gasteiger partial charge in [0.25, 0.3) is 0 Å². The van der Waals surface area contributed by atoms with Gasteiger partial charge in [-0.25, -0.2) is 0 Å². The molecule has 37 valence electrons. The van der Waals surface area contributed by atoms with Crippen LogP contribution >= 0.6 is 19.1 Å². The van der Waals surface area contributed by atoms with E-state index in [1.165, 1.54) is 0 Å². The Morgan fingerprint density at radius 2 is 1.17 bits per heavy atom. The van der Waals surface area contributed by atoms with Crippen LogP contribution in [0.2, 0.25) is 0 Å². The summed E-state index contributed by atoms with van der Waals surface area (Å²) in [5, 5.41) is 0.417. The molecule has 0 amide bonds. The van der Waals surface area contributed by atoms with Gasteiger partial charge in [-0.05, 0) is 5.16 Å². The van der Waals surface area contributed by atoms with Gasteiger partial charge in [0.1, 0.15) is 0 Å². The third-order valence-electron chi connectivity index (χ3n) is 0. The van der Waals surface area contributed by atoms with Crippen molar-refractivity contribution in [3.8, 4) is 0 Å². The molecule has 0 fully saturated rings. The van der Waals surface area contributed by atoms with Crippen molar-refractivity contribution >= 4 is 19.1 Å². The largest absolute Gasteiger partial charge is 0.132 e. The van der Waals surface area contributed by atoms with Crippen molar-refractivity contribution in [1.82, 2.24) is 0 Å². The minimum atomic E-state index is 0. The predicted octanol–water partition coefficient (Wildman–Crippen LogP) is 2.52. The first-order chi connectivity index (χ1) is 2.00. The van der Waals surface area contributed by atoms with Gasteiger partial charge in [-0.2, -0.15) is 0 Å². The van der Waals surface area contributed by atoms with Crippen molar-refractivity contribution in [1.29, 1.82) is 0 Å². The van der Waals surface area contributed by atoms with Crippen LogP contribution in [0.3, 0.4) is 0 Å². The zero-order valence-corrected chi connectivity index (χ0v) is 6.57. The smallest absolute Gasteiger partial charge is 0 e. The summed E-state index contributed by atoms with van der Waals surface area (Å²) >= 11 is 0. The van der Waals surface area contributed by atoms with Gasteiger partial charge in [-0.3, -0.25) is 0 Å². The Kier molecular flexibility index (Phi) is 4.89. The summed E-state index contributed by atoms with van der Waals surface area (Å²) in [6.45, 7) is 6.45. The van der Waals surface area contributed by atoms with E-state index in [-0.39, 0.29) is 9.90 Å². The molecule has 0 N–H and O–H groups in total. The lowest BCUT2D eigenvalue weighted by Crippen LogP contribution is -1.97. The summed E-state index contributed by atoms with van der Waals surface area (Å²) < 4.78 is 0. The lowest BCUT2D eigenvalue weighted by atomic mass is 10.3. The molecule has 1 unspecified atom stereocenters. The van der Waals surface area contributed by atoms with E-state index in [0.29, 0.717) is 5.16 Å². The third kappa shape index (κ3) is 97.9. The first-order valence-corrected chi connectivity index (χ1v) is 2.37. The Hall–Kier alpha value is 0.860. The summed E-state index contributed by atoms with van der Waals surface area (Å²) in [4.78, 5) is 0. The van der Waals surface area contributed by atoms with Crippen LogP contribution in [-0.4, -0.2) is 5.16 Å². The molecule has 3 radical (unpaired) electrons. The molecular weight excluding hydrogens is 110 g/mol. The van der Waals surface area contributed by atoms with Crippen molar-refractivity contribution in [2.75, 3.05) is 0 Å².